The number of rotatable bonds is 7. The standard InChI is InChI=1S/C13H17NO2S/c1-4-6-14(7-5-2)9-11-8-12(13(15)16)17-10(11)3/h4-5,8H,1-2,6-7,9H2,3H3,(H,15,16). The van der Waals surface area contributed by atoms with E-state index in [0.29, 0.717) is 4.88 Å². The van der Waals surface area contributed by atoms with E-state index >= 15 is 0 Å². The fraction of sp³-hybridized carbons (Fsp3) is 0.308. The summed E-state index contributed by atoms with van der Waals surface area (Å²) in [7, 11) is 0. The lowest BCUT2D eigenvalue weighted by atomic mass is 10.2. The summed E-state index contributed by atoms with van der Waals surface area (Å²) in [6.45, 7) is 11.6. The molecule has 0 bridgehead atoms. The van der Waals surface area contributed by atoms with Crippen molar-refractivity contribution in [3.8, 4) is 0 Å². The first-order chi connectivity index (χ1) is 8.08. The van der Waals surface area contributed by atoms with Crippen molar-refractivity contribution in [3.63, 3.8) is 0 Å². The molecule has 1 rings (SSSR count). The van der Waals surface area contributed by atoms with Crippen molar-refractivity contribution < 1.29 is 9.90 Å². The zero-order valence-corrected chi connectivity index (χ0v) is 10.8. The second kappa shape index (κ2) is 6.37. The van der Waals surface area contributed by atoms with E-state index in [0.717, 1.165) is 30.1 Å². The predicted molar refractivity (Wildman–Crippen MR) is 71.7 cm³/mol. The smallest absolute Gasteiger partial charge is 0.345 e. The fourth-order valence-electron chi connectivity index (χ4n) is 1.59. The van der Waals surface area contributed by atoms with Crippen LogP contribution in [0.15, 0.2) is 31.4 Å². The van der Waals surface area contributed by atoms with E-state index in [9.17, 15) is 4.79 Å². The number of carboxylic acid groups (broad SMARTS) is 1. The number of hydrogen-bond acceptors (Lipinski definition) is 3. The average Bonchev–Trinajstić information content (AvgIpc) is 2.61. The molecule has 92 valence electrons. The zero-order valence-electron chi connectivity index (χ0n) is 9.98. The monoisotopic (exact) mass is 251 g/mol. The summed E-state index contributed by atoms with van der Waals surface area (Å²) in [6.07, 6.45) is 3.67. The lowest BCUT2D eigenvalue weighted by Gasteiger charge is -2.18. The van der Waals surface area contributed by atoms with Gasteiger partial charge in [0.2, 0.25) is 0 Å². The van der Waals surface area contributed by atoms with Crippen LogP contribution in [0.3, 0.4) is 0 Å². The Hall–Kier alpha value is -1.39. The Morgan fingerprint density at radius 2 is 2.06 bits per heavy atom. The van der Waals surface area contributed by atoms with Crippen molar-refractivity contribution in [2.45, 2.75) is 13.5 Å². The molecule has 1 N–H and O–H groups in total. The molecule has 0 amide bonds. The quantitative estimate of drug-likeness (QED) is 0.757. The molecule has 0 fully saturated rings. The van der Waals surface area contributed by atoms with Crippen LogP contribution in [-0.2, 0) is 6.54 Å². The maximum Gasteiger partial charge on any atom is 0.345 e. The third-order valence-electron chi connectivity index (χ3n) is 2.40. The normalized spacial score (nSPS) is 10.5. The average molecular weight is 251 g/mol. The van der Waals surface area contributed by atoms with Crippen molar-refractivity contribution in [2.75, 3.05) is 13.1 Å². The van der Waals surface area contributed by atoms with Gasteiger partial charge in [-0.05, 0) is 18.6 Å². The molecule has 0 aliphatic rings. The van der Waals surface area contributed by atoms with Crippen molar-refractivity contribution in [3.05, 3.63) is 46.7 Å². The van der Waals surface area contributed by atoms with E-state index < -0.39 is 5.97 Å². The van der Waals surface area contributed by atoms with Crippen LogP contribution < -0.4 is 0 Å². The van der Waals surface area contributed by atoms with Gasteiger partial charge in [0.25, 0.3) is 0 Å². The molecule has 0 saturated heterocycles. The highest BCUT2D eigenvalue weighted by molar-refractivity contribution is 7.14. The van der Waals surface area contributed by atoms with Crippen LogP contribution in [0.2, 0.25) is 0 Å². The minimum atomic E-state index is -0.858. The molecular weight excluding hydrogens is 234 g/mol. The second-order valence-electron chi connectivity index (χ2n) is 3.77. The predicted octanol–water partition coefficient (Wildman–Crippen LogP) is 2.93. The highest BCUT2D eigenvalue weighted by Gasteiger charge is 2.12. The van der Waals surface area contributed by atoms with Gasteiger partial charge in [0.1, 0.15) is 4.88 Å². The minimum Gasteiger partial charge on any atom is -0.477 e. The van der Waals surface area contributed by atoms with E-state index in [-0.39, 0.29) is 0 Å². The van der Waals surface area contributed by atoms with Gasteiger partial charge >= 0.3 is 5.97 Å². The molecule has 1 aromatic heterocycles. The third kappa shape index (κ3) is 3.84. The van der Waals surface area contributed by atoms with Gasteiger partial charge in [-0.1, -0.05) is 12.2 Å². The second-order valence-corrected chi connectivity index (χ2v) is 5.02. The molecule has 0 radical (unpaired) electrons. The number of aryl methyl sites for hydroxylation is 1. The summed E-state index contributed by atoms with van der Waals surface area (Å²) in [5.74, 6) is -0.858. The molecule has 0 aliphatic heterocycles. The van der Waals surface area contributed by atoms with E-state index in [1.165, 1.54) is 11.3 Å². The molecule has 0 unspecified atom stereocenters. The van der Waals surface area contributed by atoms with Crippen LogP contribution in [0.4, 0.5) is 0 Å². The molecule has 0 spiro atoms. The Morgan fingerprint density at radius 3 is 2.47 bits per heavy atom. The molecule has 0 atom stereocenters. The van der Waals surface area contributed by atoms with Crippen LogP contribution in [0.1, 0.15) is 20.1 Å². The van der Waals surface area contributed by atoms with Crippen LogP contribution in [0.25, 0.3) is 0 Å². The van der Waals surface area contributed by atoms with Gasteiger partial charge in [-0.25, -0.2) is 4.79 Å². The summed E-state index contributed by atoms with van der Waals surface area (Å²) in [4.78, 5) is 14.5. The molecular formula is C13H17NO2S. The molecule has 1 aromatic rings. The molecule has 1 heterocycles. The Kier molecular flexibility index (Phi) is 5.12. The molecule has 0 aromatic carbocycles. The molecule has 3 nitrogen and oxygen atoms in total. The highest BCUT2D eigenvalue weighted by Crippen LogP contribution is 2.22. The van der Waals surface area contributed by atoms with E-state index in [1.54, 1.807) is 6.07 Å². The largest absolute Gasteiger partial charge is 0.477 e. The van der Waals surface area contributed by atoms with E-state index in [2.05, 4.69) is 18.1 Å². The van der Waals surface area contributed by atoms with Crippen molar-refractivity contribution in [2.24, 2.45) is 0 Å². The highest BCUT2D eigenvalue weighted by atomic mass is 32.1. The number of carbonyl (C=O) groups is 1. The number of aromatic carboxylic acids is 1. The van der Waals surface area contributed by atoms with Crippen molar-refractivity contribution in [1.82, 2.24) is 4.90 Å². The first-order valence-electron chi connectivity index (χ1n) is 5.35. The van der Waals surface area contributed by atoms with Crippen molar-refractivity contribution in [1.29, 1.82) is 0 Å². The topological polar surface area (TPSA) is 40.5 Å². The van der Waals surface area contributed by atoms with Gasteiger partial charge in [0.15, 0.2) is 0 Å². The number of carboxylic acids is 1. The van der Waals surface area contributed by atoms with Gasteiger partial charge in [-0.15, -0.1) is 24.5 Å². The maximum absolute atomic E-state index is 10.9. The Balaban J connectivity index is 2.80. The first kappa shape index (κ1) is 13.7. The van der Waals surface area contributed by atoms with Gasteiger partial charge in [-0.3, -0.25) is 4.90 Å². The summed E-state index contributed by atoms with van der Waals surface area (Å²) in [5, 5.41) is 8.93. The summed E-state index contributed by atoms with van der Waals surface area (Å²) in [5.41, 5.74) is 1.07. The van der Waals surface area contributed by atoms with E-state index in [4.69, 9.17) is 5.11 Å². The molecule has 4 heteroatoms. The summed E-state index contributed by atoms with van der Waals surface area (Å²) >= 11 is 1.32. The first-order valence-corrected chi connectivity index (χ1v) is 6.17. The van der Waals surface area contributed by atoms with Gasteiger partial charge in [-0.2, -0.15) is 0 Å². The SMILES string of the molecule is C=CCN(CC=C)Cc1cc(C(=O)O)sc1C. The van der Waals surface area contributed by atoms with E-state index in [1.807, 2.05) is 19.1 Å². The van der Waals surface area contributed by atoms with Crippen molar-refractivity contribution >= 4 is 17.3 Å². The molecule has 17 heavy (non-hydrogen) atoms. The van der Waals surface area contributed by atoms with Gasteiger partial charge in [0, 0.05) is 24.5 Å². The van der Waals surface area contributed by atoms with Gasteiger partial charge in [0.05, 0.1) is 0 Å². The zero-order chi connectivity index (χ0) is 12.8. The third-order valence-corrected chi connectivity index (χ3v) is 3.48. The Morgan fingerprint density at radius 1 is 1.47 bits per heavy atom. The van der Waals surface area contributed by atoms with Crippen LogP contribution in [0.5, 0.6) is 0 Å². The Bertz CT molecular complexity index is 413. The van der Waals surface area contributed by atoms with Crippen LogP contribution >= 0.6 is 11.3 Å². The lowest BCUT2D eigenvalue weighted by Crippen LogP contribution is -2.23. The summed E-state index contributed by atoms with van der Waals surface area (Å²) < 4.78 is 0. The van der Waals surface area contributed by atoms with Gasteiger partial charge < -0.3 is 5.11 Å². The van der Waals surface area contributed by atoms with Crippen LogP contribution in [-0.4, -0.2) is 29.1 Å². The maximum atomic E-state index is 10.9. The lowest BCUT2D eigenvalue weighted by molar-refractivity contribution is 0.0702. The van der Waals surface area contributed by atoms with Crippen LogP contribution in [0, 0.1) is 6.92 Å². The number of hydrogen-bond donors (Lipinski definition) is 1. The summed E-state index contributed by atoms with van der Waals surface area (Å²) in [6, 6.07) is 1.75. The number of thiophene rings is 1. The molecule has 0 saturated carbocycles. The number of nitrogens with zero attached hydrogens (tertiary/aromatic N) is 1. The Labute approximate surface area is 106 Å². The minimum absolute atomic E-state index is 0.398. The fourth-order valence-corrected chi connectivity index (χ4v) is 2.46. The molecule has 0 aliphatic carbocycles.